The lowest BCUT2D eigenvalue weighted by Crippen LogP contribution is -2.38. The summed E-state index contributed by atoms with van der Waals surface area (Å²) < 4.78 is 15.7. The van der Waals surface area contributed by atoms with Crippen LogP contribution in [0.15, 0.2) is 48.5 Å². The summed E-state index contributed by atoms with van der Waals surface area (Å²) in [5.74, 6) is -2.55. The van der Waals surface area contributed by atoms with Gasteiger partial charge in [0.1, 0.15) is 6.61 Å². The minimum atomic E-state index is -1.76. The number of rotatable bonds is 9. The molecule has 2 aromatic carbocycles. The van der Waals surface area contributed by atoms with Crippen LogP contribution in [0.3, 0.4) is 0 Å². The monoisotopic (exact) mass is 385 g/mol. The number of carboxylic acid groups (broad SMARTS) is 1. The van der Waals surface area contributed by atoms with Crippen LogP contribution in [0.25, 0.3) is 11.1 Å². The first-order valence-electron chi connectivity index (χ1n) is 9.07. The van der Waals surface area contributed by atoms with E-state index in [2.05, 4.69) is 0 Å². The zero-order chi connectivity index (χ0) is 20.1. The van der Waals surface area contributed by atoms with Crippen molar-refractivity contribution in [1.29, 1.82) is 0 Å². The molecule has 0 radical (unpaired) electrons. The molecule has 2 aromatic rings. The lowest BCUT2D eigenvalue weighted by molar-refractivity contribution is -0.198. The van der Waals surface area contributed by atoms with Crippen molar-refractivity contribution in [3.63, 3.8) is 0 Å². The molecule has 0 saturated heterocycles. The van der Waals surface area contributed by atoms with Crippen LogP contribution < -0.4 is 5.73 Å². The second kappa shape index (κ2) is 8.97. The molecule has 0 saturated carbocycles. The number of benzene rings is 2. The van der Waals surface area contributed by atoms with Gasteiger partial charge >= 0.3 is 11.9 Å². The molecule has 0 aromatic heterocycles. The van der Waals surface area contributed by atoms with Crippen molar-refractivity contribution >= 4 is 11.9 Å². The van der Waals surface area contributed by atoms with E-state index in [1.165, 1.54) is 6.92 Å². The van der Waals surface area contributed by atoms with Crippen molar-refractivity contribution in [2.45, 2.75) is 25.2 Å². The van der Waals surface area contributed by atoms with Crippen molar-refractivity contribution in [3.05, 3.63) is 59.7 Å². The summed E-state index contributed by atoms with van der Waals surface area (Å²) >= 11 is 0. The SMILES string of the molecule is CC(OCCN)OC(C(=O)O)C(=O)OCC1c2ccccc2-c2ccccc21. The molecule has 3 N–H and O–H groups in total. The molecule has 1 aliphatic rings. The lowest BCUT2D eigenvalue weighted by Gasteiger charge is -2.20. The van der Waals surface area contributed by atoms with Gasteiger partial charge in [0.15, 0.2) is 6.29 Å². The highest BCUT2D eigenvalue weighted by atomic mass is 16.7. The third kappa shape index (κ3) is 4.22. The van der Waals surface area contributed by atoms with Crippen LogP contribution in [0.1, 0.15) is 24.0 Å². The first-order chi connectivity index (χ1) is 13.5. The number of esters is 1. The predicted molar refractivity (Wildman–Crippen MR) is 102 cm³/mol. The molecule has 7 nitrogen and oxygen atoms in total. The maximum Gasteiger partial charge on any atom is 0.347 e. The summed E-state index contributed by atoms with van der Waals surface area (Å²) in [7, 11) is 0. The summed E-state index contributed by atoms with van der Waals surface area (Å²) in [5, 5.41) is 9.32. The normalized spacial score (nSPS) is 14.8. The summed E-state index contributed by atoms with van der Waals surface area (Å²) in [5.41, 5.74) is 9.61. The maximum atomic E-state index is 12.4. The second-order valence-corrected chi connectivity index (χ2v) is 6.44. The van der Waals surface area contributed by atoms with E-state index >= 15 is 0 Å². The number of carbonyl (C=O) groups is 2. The number of hydrogen-bond acceptors (Lipinski definition) is 6. The van der Waals surface area contributed by atoms with Gasteiger partial charge in [-0.2, -0.15) is 0 Å². The number of nitrogens with two attached hydrogens (primary N) is 1. The molecule has 28 heavy (non-hydrogen) atoms. The first kappa shape index (κ1) is 20.0. The van der Waals surface area contributed by atoms with Crippen molar-refractivity contribution in [2.75, 3.05) is 19.8 Å². The fourth-order valence-electron chi connectivity index (χ4n) is 3.36. The average molecular weight is 385 g/mol. The first-order valence-corrected chi connectivity index (χ1v) is 9.07. The highest BCUT2D eigenvalue weighted by molar-refractivity contribution is 5.97. The van der Waals surface area contributed by atoms with Crippen LogP contribution in [0.5, 0.6) is 0 Å². The van der Waals surface area contributed by atoms with Gasteiger partial charge in [0.05, 0.1) is 6.61 Å². The van der Waals surface area contributed by atoms with E-state index < -0.39 is 24.3 Å². The summed E-state index contributed by atoms with van der Waals surface area (Å²) in [6.07, 6.45) is -2.66. The molecule has 2 atom stereocenters. The number of hydrogen-bond donors (Lipinski definition) is 2. The molecule has 0 bridgehead atoms. The molecule has 2 unspecified atom stereocenters. The predicted octanol–water partition coefficient (Wildman–Crippen LogP) is 2.13. The second-order valence-electron chi connectivity index (χ2n) is 6.44. The number of carboxylic acids is 1. The fourth-order valence-corrected chi connectivity index (χ4v) is 3.36. The Morgan fingerprint density at radius 3 is 2.18 bits per heavy atom. The van der Waals surface area contributed by atoms with Gasteiger partial charge in [-0.25, -0.2) is 9.59 Å². The molecule has 7 heteroatoms. The van der Waals surface area contributed by atoms with E-state index in [0.717, 1.165) is 22.3 Å². The Morgan fingerprint density at radius 2 is 1.64 bits per heavy atom. The molecule has 0 heterocycles. The van der Waals surface area contributed by atoms with E-state index in [-0.39, 0.29) is 25.7 Å². The van der Waals surface area contributed by atoms with E-state index in [4.69, 9.17) is 19.9 Å². The highest BCUT2D eigenvalue weighted by Gasteiger charge is 2.34. The van der Waals surface area contributed by atoms with Gasteiger partial charge < -0.3 is 25.1 Å². The van der Waals surface area contributed by atoms with Crippen LogP contribution in [0, 0.1) is 0 Å². The molecule has 0 aliphatic heterocycles. The summed E-state index contributed by atoms with van der Waals surface area (Å²) in [4.78, 5) is 23.8. The van der Waals surface area contributed by atoms with Crippen LogP contribution >= 0.6 is 0 Å². The number of ether oxygens (including phenoxy) is 3. The van der Waals surface area contributed by atoms with Gasteiger partial charge in [-0.15, -0.1) is 0 Å². The zero-order valence-corrected chi connectivity index (χ0v) is 15.5. The van der Waals surface area contributed by atoms with E-state index in [1.807, 2.05) is 48.5 Å². The van der Waals surface area contributed by atoms with E-state index in [0.29, 0.717) is 0 Å². The fraction of sp³-hybridized carbons (Fsp3) is 0.333. The Morgan fingerprint density at radius 1 is 1.07 bits per heavy atom. The maximum absolute atomic E-state index is 12.4. The lowest BCUT2D eigenvalue weighted by atomic mass is 9.98. The number of aliphatic carboxylic acids is 1. The van der Waals surface area contributed by atoms with Crippen LogP contribution in [0.4, 0.5) is 0 Å². The standard InChI is InChI=1S/C21H23NO6/c1-13(26-11-10-22)28-19(20(23)24)21(25)27-12-18-16-8-4-2-6-14(16)15-7-3-5-9-17(15)18/h2-9,13,18-19H,10-12,22H2,1H3,(H,23,24). The van der Waals surface area contributed by atoms with Gasteiger partial charge in [0, 0.05) is 12.5 Å². The Labute approximate surface area is 163 Å². The van der Waals surface area contributed by atoms with Crippen molar-refractivity contribution in [3.8, 4) is 11.1 Å². The molecule has 0 amide bonds. The highest BCUT2D eigenvalue weighted by Crippen LogP contribution is 2.44. The third-order valence-corrected chi connectivity index (χ3v) is 4.59. The van der Waals surface area contributed by atoms with Gasteiger partial charge in [-0.1, -0.05) is 48.5 Å². The minimum Gasteiger partial charge on any atom is -0.479 e. The zero-order valence-electron chi connectivity index (χ0n) is 15.5. The van der Waals surface area contributed by atoms with Crippen molar-refractivity contribution < 1.29 is 28.9 Å². The Hall–Kier alpha value is -2.74. The largest absolute Gasteiger partial charge is 0.479 e. The Bertz CT molecular complexity index is 807. The molecule has 0 fully saturated rings. The quantitative estimate of drug-likeness (QED) is 0.387. The van der Waals surface area contributed by atoms with Gasteiger partial charge in [0.25, 0.3) is 6.10 Å². The van der Waals surface area contributed by atoms with Crippen LogP contribution in [0.2, 0.25) is 0 Å². The number of carbonyl (C=O) groups excluding carboxylic acids is 1. The van der Waals surface area contributed by atoms with Crippen LogP contribution in [-0.2, 0) is 23.8 Å². The average Bonchev–Trinajstić information content (AvgIpc) is 3.02. The Balaban J connectivity index is 1.70. The van der Waals surface area contributed by atoms with Gasteiger partial charge in [-0.05, 0) is 29.2 Å². The van der Waals surface area contributed by atoms with Gasteiger partial charge in [0.2, 0.25) is 0 Å². The topological polar surface area (TPSA) is 108 Å². The van der Waals surface area contributed by atoms with E-state index in [9.17, 15) is 14.7 Å². The van der Waals surface area contributed by atoms with Crippen LogP contribution in [-0.4, -0.2) is 49.2 Å². The Kier molecular flexibility index (Phi) is 6.41. The molecule has 3 rings (SSSR count). The smallest absolute Gasteiger partial charge is 0.347 e. The van der Waals surface area contributed by atoms with E-state index in [1.54, 1.807) is 0 Å². The van der Waals surface area contributed by atoms with Crippen molar-refractivity contribution in [1.82, 2.24) is 0 Å². The molecular formula is C21H23NO6. The molecule has 148 valence electrons. The summed E-state index contributed by atoms with van der Waals surface area (Å²) in [6, 6.07) is 15.8. The molecule has 0 spiro atoms. The molecular weight excluding hydrogens is 362 g/mol. The summed E-state index contributed by atoms with van der Waals surface area (Å²) in [6.45, 7) is 1.98. The minimum absolute atomic E-state index is 0.0258. The van der Waals surface area contributed by atoms with Crippen molar-refractivity contribution in [2.24, 2.45) is 5.73 Å². The third-order valence-electron chi connectivity index (χ3n) is 4.59. The molecule has 1 aliphatic carbocycles. The number of fused-ring (bicyclic) bond motifs is 3. The van der Waals surface area contributed by atoms with Gasteiger partial charge in [-0.3, -0.25) is 0 Å².